The molecule has 216 valence electrons. The van der Waals surface area contributed by atoms with E-state index in [0.29, 0.717) is 50.3 Å². The summed E-state index contributed by atoms with van der Waals surface area (Å²) in [6, 6.07) is 19.8. The number of ether oxygens (including phenoxy) is 3. The molecule has 0 spiro atoms. The summed E-state index contributed by atoms with van der Waals surface area (Å²) in [5, 5.41) is 0.644. The van der Waals surface area contributed by atoms with E-state index in [2.05, 4.69) is 20.9 Å². The predicted octanol–water partition coefficient (Wildman–Crippen LogP) is 6.19. The van der Waals surface area contributed by atoms with Crippen LogP contribution in [0.3, 0.4) is 0 Å². The molecule has 1 aliphatic rings. The van der Waals surface area contributed by atoms with Crippen molar-refractivity contribution in [2.45, 2.75) is 33.4 Å². The van der Waals surface area contributed by atoms with E-state index in [1.807, 2.05) is 79.7 Å². The highest BCUT2D eigenvalue weighted by Crippen LogP contribution is 2.32. The van der Waals surface area contributed by atoms with E-state index in [0.717, 1.165) is 21.2 Å². The number of rotatable bonds is 9. The van der Waals surface area contributed by atoms with Gasteiger partial charge in [0.1, 0.15) is 18.1 Å². The first-order chi connectivity index (χ1) is 20.3. The molecule has 1 atom stereocenters. The minimum atomic E-state index is -0.689. The molecule has 0 unspecified atom stereocenters. The normalized spacial score (nSPS) is 14.8. The van der Waals surface area contributed by atoms with Crippen molar-refractivity contribution in [1.82, 2.24) is 4.57 Å². The summed E-state index contributed by atoms with van der Waals surface area (Å²) in [5.74, 6) is 0.860. The third-order valence-corrected chi connectivity index (χ3v) is 8.59. The summed E-state index contributed by atoms with van der Waals surface area (Å²) < 4.78 is 19.7. The van der Waals surface area contributed by atoms with E-state index in [1.54, 1.807) is 18.4 Å². The molecule has 1 aromatic heterocycles. The highest BCUT2D eigenvalue weighted by atomic mass is 79.9. The Morgan fingerprint density at radius 2 is 1.83 bits per heavy atom. The van der Waals surface area contributed by atoms with Gasteiger partial charge in [-0.15, -0.1) is 0 Å². The van der Waals surface area contributed by atoms with Gasteiger partial charge in [-0.25, -0.2) is 9.79 Å². The van der Waals surface area contributed by atoms with Crippen LogP contribution in [-0.4, -0.2) is 23.8 Å². The van der Waals surface area contributed by atoms with Crippen LogP contribution in [0.4, 0.5) is 0 Å². The van der Waals surface area contributed by atoms with Crippen LogP contribution < -0.4 is 24.4 Å². The first kappa shape index (κ1) is 29.8. The maximum Gasteiger partial charge on any atom is 0.338 e. The fraction of sp³-hybridized carbons (Fsp3) is 0.219. The van der Waals surface area contributed by atoms with Crippen molar-refractivity contribution in [2.24, 2.45) is 4.99 Å². The molecule has 0 saturated heterocycles. The zero-order valence-corrected chi connectivity index (χ0v) is 26.4. The largest absolute Gasteiger partial charge is 0.494 e. The van der Waals surface area contributed by atoms with E-state index in [1.165, 1.54) is 11.3 Å². The summed E-state index contributed by atoms with van der Waals surface area (Å²) in [5.41, 5.74) is 3.05. The first-order valence-electron chi connectivity index (χ1n) is 13.4. The van der Waals surface area contributed by atoms with Gasteiger partial charge in [0.15, 0.2) is 4.80 Å². The van der Waals surface area contributed by atoms with Crippen molar-refractivity contribution < 1.29 is 19.0 Å². The van der Waals surface area contributed by atoms with Crippen LogP contribution in [0.25, 0.3) is 6.08 Å². The van der Waals surface area contributed by atoms with E-state index in [-0.39, 0.29) is 12.2 Å². The molecule has 42 heavy (non-hydrogen) atoms. The summed E-state index contributed by atoms with van der Waals surface area (Å²) in [4.78, 5) is 32.1. The number of halogens is 2. The lowest BCUT2D eigenvalue weighted by atomic mass is 9.96. The van der Waals surface area contributed by atoms with E-state index >= 15 is 0 Å². The van der Waals surface area contributed by atoms with Crippen LogP contribution in [0.1, 0.15) is 43.5 Å². The molecular formula is C32H28BrClN2O5S. The molecule has 1 aliphatic heterocycles. The second-order valence-electron chi connectivity index (χ2n) is 9.37. The number of hydrogen-bond donors (Lipinski definition) is 0. The van der Waals surface area contributed by atoms with E-state index in [4.69, 9.17) is 25.8 Å². The van der Waals surface area contributed by atoms with Crippen molar-refractivity contribution >= 4 is 50.9 Å². The molecule has 7 nitrogen and oxygen atoms in total. The van der Waals surface area contributed by atoms with Gasteiger partial charge in [-0.1, -0.05) is 59.3 Å². The number of carbonyl (C=O) groups excluding carboxylic acids is 1. The Labute approximate surface area is 260 Å². The summed E-state index contributed by atoms with van der Waals surface area (Å²) in [7, 11) is 0. The molecule has 5 rings (SSSR count). The van der Waals surface area contributed by atoms with Gasteiger partial charge < -0.3 is 14.2 Å². The van der Waals surface area contributed by atoms with Crippen LogP contribution in [-0.2, 0) is 16.1 Å². The van der Waals surface area contributed by atoms with Crippen LogP contribution in [0, 0.1) is 0 Å². The van der Waals surface area contributed by atoms with Crippen molar-refractivity contribution in [1.29, 1.82) is 0 Å². The third-order valence-electron chi connectivity index (χ3n) is 6.62. The van der Waals surface area contributed by atoms with Crippen molar-refractivity contribution in [3.63, 3.8) is 0 Å². The standard InChI is InChI=1S/C32H28BrClN2O5S/c1-4-39-23-13-11-21(12-14-23)29-28(31(38)40-5-2)19(3)35-32-36(29)30(37)27(42-32)17-20-10-15-26(24(33)16-20)41-18-22-8-6-7-9-25(22)34/h6-17,29H,4-5,18H2,1-3H3/b27-17-/t29-/m0/s1. The smallest absolute Gasteiger partial charge is 0.338 e. The van der Waals surface area contributed by atoms with Crippen LogP contribution in [0.2, 0.25) is 5.02 Å². The van der Waals surface area contributed by atoms with Crippen LogP contribution in [0.15, 0.2) is 92.3 Å². The number of nitrogens with zero attached hydrogens (tertiary/aromatic N) is 2. The Morgan fingerprint density at radius 3 is 2.52 bits per heavy atom. The summed E-state index contributed by atoms with van der Waals surface area (Å²) in [6.45, 7) is 6.50. The molecule has 2 heterocycles. The zero-order valence-electron chi connectivity index (χ0n) is 23.2. The van der Waals surface area contributed by atoms with Gasteiger partial charge in [0.05, 0.1) is 39.5 Å². The molecule has 3 aromatic carbocycles. The highest BCUT2D eigenvalue weighted by Gasteiger charge is 2.33. The van der Waals surface area contributed by atoms with Crippen molar-refractivity contribution in [3.05, 3.63) is 124 Å². The van der Waals surface area contributed by atoms with Gasteiger partial charge in [-0.2, -0.15) is 0 Å². The third kappa shape index (κ3) is 6.23. The minimum Gasteiger partial charge on any atom is -0.494 e. The lowest BCUT2D eigenvalue weighted by Gasteiger charge is -2.24. The van der Waals surface area contributed by atoms with Gasteiger partial charge >= 0.3 is 5.97 Å². The molecular weight excluding hydrogens is 640 g/mol. The van der Waals surface area contributed by atoms with Crippen molar-refractivity contribution in [3.8, 4) is 11.5 Å². The number of fused-ring (bicyclic) bond motifs is 1. The average Bonchev–Trinajstić information content (AvgIpc) is 3.27. The van der Waals surface area contributed by atoms with E-state index < -0.39 is 12.0 Å². The number of benzene rings is 3. The maximum atomic E-state index is 13.9. The molecule has 0 bridgehead atoms. The van der Waals surface area contributed by atoms with Crippen molar-refractivity contribution in [2.75, 3.05) is 13.2 Å². The Balaban J connectivity index is 1.52. The highest BCUT2D eigenvalue weighted by molar-refractivity contribution is 9.10. The molecule has 0 radical (unpaired) electrons. The minimum absolute atomic E-state index is 0.211. The maximum absolute atomic E-state index is 13.9. The van der Waals surface area contributed by atoms with Gasteiger partial charge in [-0.05, 0) is 84.2 Å². The molecule has 0 amide bonds. The number of allylic oxidation sites excluding steroid dienone is 1. The van der Waals surface area contributed by atoms with Gasteiger partial charge in [-0.3, -0.25) is 9.36 Å². The van der Waals surface area contributed by atoms with Gasteiger partial charge in [0, 0.05) is 10.6 Å². The van der Waals surface area contributed by atoms with Crippen LogP contribution >= 0.6 is 38.9 Å². The lowest BCUT2D eigenvalue weighted by Crippen LogP contribution is -2.39. The molecule has 10 heteroatoms. The molecule has 0 aliphatic carbocycles. The predicted molar refractivity (Wildman–Crippen MR) is 168 cm³/mol. The number of esters is 1. The average molecular weight is 668 g/mol. The Morgan fingerprint density at radius 1 is 1.07 bits per heavy atom. The number of aromatic nitrogens is 1. The van der Waals surface area contributed by atoms with Gasteiger partial charge in [0.25, 0.3) is 5.56 Å². The second kappa shape index (κ2) is 13.1. The number of carbonyl (C=O) groups is 1. The monoisotopic (exact) mass is 666 g/mol. The molecule has 0 saturated carbocycles. The molecule has 0 N–H and O–H groups in total. The molecule has 0 fully saturated rings. The van der Waals surface area contributed by atoms with Gasteiger partial charge in [0.2, 0.25) is 0 Å². The SMILES string of the molecule is CCOC(=O)C1=C(C)N=c2s/c(=C\c3ccc(OCc4ccccc4Cl)c(Br)c3)c(=O)n2[C@H]1c1ccc(OCC)cc1. The summed E-state index contributed by atoms with van der Waals surface area (Å²) >= 11 is 11.1. The fourth-order valence-electron chi connectivity index (χ4n) is 4.67. The topological polar surface area (TPSA) is 79.1 Å². The Hall–Kier alpha value is -3.66. The fourth-order valence-corrected chi connectivity index (χ4v) is 6.41. The second-order valence-corrected chi connectivity index (χ2v) is 11.6. The number of hydrogen-bond acceptors (Lipinski definition) is 7. The quantitative estimate of drug-likeness (QED) is 0.199. The first-order valence-corrected chi connectivity index (χ1v) is 15.4. The Bertz CT molecular complexity index is 1850. The lowest BCUT2D eigenvalue weighted by molar-refractivity contribution is -0.139. The molecule has 4 aromatic rings. The zero-order chi connectivity index (χ0) is 29.8. The number of thiazole rings is 1. The van der Waals surface area contributed by atoms with E-state index in [9.17, 15) is 9.59 Å². The summed E-state index contributed by atoms with van der Waals surface area (Å²) in [6.07, 6.45) is 1.81. The van der Waals surface area contributed by atoms with Crippen LogP contribution in [0.5, 0.6) is 11.5 Å². The Kier molecular flexibility index (Phi) is 9.30.